The number of methoxy groups -OCH3 is 1. The van der Waals surface area contributed by atoms with Crippen molar-refractivity contribution in [2.45, 2.75) is 13.2 Å². The van der Waals surface area contributed by atoms with Gasteiger partial charge in [0.05, 0.1) is 20.7 Å². The van der Waals surface area contributed by atoms with Crippen molar-refractivity contribution in [3.8, 4) is 23.3 Å². The third-order valence-corrected chi connectivity index (χ3v) is 7.94. The Morgan fingerprint density at radius 1 is 0.905 bits per heavy atom. The number of anilines is 1. The van der Waals surface area contributed by atoms with Crippen molar-refractivity contribution < 1.29 is 19.0 Å². The van der Waals surface area contributed by atoms with Gasteiger partial charge in [-0.1, -0.05) is 58.5 Å². The third kappa shape index (κ3) is 8.46. The van der Waals surface area contributed by atoms with Gasteiger partial charge in [0.15, 0.2) is 11.5 Å². The zero-order valence-electron chi connectivity index (χ0n) is 21.9. The van der Waals surface area contributed by atoms with Crippen LogP contribution in [0.1, 0.15) is 16.7 Å². The van der Waals surface area contributed by atoms with E-state index in [0.29, 0.717) is 48.6 Å². The van der Waals surface area contributed by atoms with Gasteiger partial charge in [-0.15, -0.1) is 0 Å². The van der Waals surface area contributed by atoms with Gasteiger partial charge in [0.2, 0.25) is 0 Å². The summed E-state index contributed by atoms with van der Waals surface area (Å²) in [7, 11) is 1.51. The van der Waals surface area contributed by atoms with Crippen molar-refractivity contribution in [3.05, 3.63) is 119 Å². The molecule has 0 bridgehead atoms. The first-order valence-corrected chi connectivity index (χ1v) is 14.8. The fraction of sp³-hybridized carbons (Fsp3) is 0.0968. The molecule has 42 heavy (non-hydrogen) atoms. The second kappa shape index (κ2) is 14.9. The van der Waals surface area contributed by atoms with E-state index in [1.165, 1.54) is 13.2 Å². The number of benzene rings is 4. The highest BCUT2D eigenvalue weighted by Crippen LogP contribution is 2.36. The summed E-state index contributed by atoms with van der Waals surface area (Å²) in [5.74, 6) is 0.984. The number of carbonyl (C=O) groups is 1. The van der Waals surface area contributed by atoms with E-state index in [2.05, 4.69) is 27.9 Å². The molecule has 0 fully saturated rings. The van der Waals surface area contributed by atoms with Crippen LogP contribution < -0.4 is 19.5 Å². The van der Waals surface area contributed by atoms with Crippen LogP contribution in [0.2, 0.25) is 20.1 Å². The molecule has 4 aromatic carbocycles. The van der Waals surface area contributed by atoms with Crippen molar-refractivity contribution in [2.24, 2.45) is 0 Å². The molecule has 214 valence electrons. The maximum Gasteiger partial charge on any atom is 0.266 e. The predicted octanol–water partition coefficient (Wildman–Crippen LogP) is 9.62. The molecule has 0 aromatic heterocycles. The molecule has 0 aliphatic carbocycles. The van der Waals surface area contributed by atoms with Crippen molar-refractivity contribution in [3.63, 3.8) is 0 Å². The molecule has 4 rings (SSSR count). The summed E-state index contributed by atoms with van der Waals surface area (Å²) in [4.78, 5) is 12.9. The van der Waals surface area contributed by atoms with Gasteiger partial charge in [0.25, 0.3) is 5.91 Å². The second-order valence-electron chi connectivity index (χ2n) is 8.74. The fourth-order valence-corrected chi connectivity index (χ4v) is 5.26. The molecule has 6 nitrogen and oxygen atoms in total. The summed E-state index contributed by atoms with van der Waals surface area (Å²) in [6, 6.07) is 22.7. The smallest absolute Gasteiger partial charge is 0.266 e. The average molecular weight is 754 g/mol. The lowest BCUT2D eigenvalue weighted by atomic mass is 10.1. The van der Waals surface area contributed by atoms with E-state index >= 15 is 0 Å². The number of hydrogen-bond acceptors (Lipinski definition) is 5. The van der Waals surface area contributed by atoms with Crippen molar-refractivity contribution in [1.29, 1.82) is 5.26 Å². The maximum absolute atomic E-state index is 12.9. The molecule has 0 atom stereocenters. The Bertz CT molecular complexity index is 1690. The lowest BCUT2D eigenvalue weighted by Gasteiger charge is -2.14. The number of nitriles is 1. The molecule has 0 aliphatic rings. The Morgan fingerprint density at radius 2 is 1.67 bits per heavy atom. The van der Waals surface area contributed by atoms with Gasteiger partial charge in [0.1, 0.15) is 30.6 Å². The molecule has 1 amide bonds. The minimum Gasteiger partial charge on any atom is -0.493 e. The molecule has 0 saturated carbocycles. The van der Waals surface area contributed by atoms with Gasteiger partial charge in [-0.2, -0.15) is 5.26 Å². The second-order valence-corrected chi connectivity index (χ2v) is 11.6. The average Bonchev–Trinajstić information content (AvgIpc) is 2.97. The molecule has 0 spiro atoms. The number of carbonyl (C=O) groups excluding carboxylic acids is 1. The van der Waals surface area contributed by atoms with Crippen LogP contribution in [0, 0.1) is 14.9 Å². The number of halogens is 5. The Balaban J connectivity index is 1.42. The van der Waals surface area contributed by atoms with E-state index in [0.717, 1.165) is 14.7 Å². The van der Waals surface area contributed by atoms with E-state index in [1.54, 1.807) is 66.7 Å². The van der Waals surface area contributed by atoms with Gasteiger partial charge in [-0.05, 0) is 100 Å². The first-order chi connectivity index (χ1) is 20.2. The van der Waals surface area contributed by atoms with Crippen LogP contribution in [0.3, 0.4) is 0 Å². The lowest BCUT2D eigenvalue weighted by molar-refractivity contribution is -0.112. The number of amides is 1. The van der Waals surface area contributed by atoms with E-state index in [4.69, 9.17) is 60.6 Å². The molecule has 11 heteroatoms. The zero-order chi connectivity index (χ0) is 30.2. The monoisotopic (exact) mass is 752 g/mol. The summed E-state index contributed by atoms with van der Waals surface area (Å²) in [5.41, 5.74) is 2.63. The minimum absolute atomic E-state index is 0.0879. The highest BCUT2D eigenvalue weighted by atomic mass is 127. The molecule has 0 heterocycles. The van der Waals surface area contributed by atoms with Crippen molar-refractivity contribution in [1.82, 2.24) is 0 Å². The number of rotatable bonds is 10. The van der Waals surface area contributed by atoms with E-state index in [1.807, 2.05) is 12.1 Å². The molecular formula is C31H21Cl4IN2O4. The highest BCUT2D eigenvalue weighted by Gasteiger charge is 2.15. The summed E-state index contributed by atoms with van der Waals surface area (Å²) in [6.07, 6.45) is 1.48. The van der Waals surface area contributed by atoms with Crippen molar-refractivity contribution >= 4 is 86.7 Å². The van der Waals surface area contributed by atoms with Crippen LogP contribution in [0.15, 0.2) is 78.4 Å². The largest absolute Gasteiger partial charge is 0.493 e. The van der Waals surface area contributed by atoms with Crippen molar-refractivity contribution in [2.75, 3.05) is 12.4 Å². The van der Waals surface area contributed by atoms with Gasteiger partial charge >= 0.3 is 0 Å². The lowest BCUT2D eigenvalue weighted by Crippen LogP contribution is -2.13. The predicted molar refractivity (Wildman–Crippen MR) is 176 cm³/mol. The van der Waals surface area contributed by atoms with Crippen LogP contribution in [0.4, 0.5) is 5.69 Å². The Hall–Kier alpha value is -3.13. The number of hydrogen-bond donors (Lipinski definition) is 1. The standard InChI is InChI=1S/C31H21Cl4IN2O4/c1-40-29-13-19(12-28(36)30(29)42-16-18-2-9-25(33)27(35)11-18)10-21(15-37)31(39)38-23-5-7-24(8-6-23)41-17-20-3-4-22(32)14-26(20)34/h2-14H,16-17H2,1H3,(H,38,39)/b21-10+. The molecule has 0 unspecified atom stereocenters. The maximum atomic E-state index is 12.9. The molecule has 0 aliphatic heterocycles. The van der Waals surface area contributed by atoms with Gasteiger partial charge in [0, 0.05) is 21.3 Å². The Kier molecular flexibility index (Phi) is 11.2. The topological polar surface area (TPSA) is 80.6 Å². The zero-order valence-corrected chi connectivity index (χ0v) is 27.1. The molecule has 1 N–H and O–H groups in total. The van der Waals surface area contributed by atoms with Crippen LogP contribution in [-0.2, 0) is 18.0 Å². The van der Waals surface area contributed by atoms with Gasteiger partial charge < -0.3 is 19.5 Å². The number of nitrogens with one attached hydrogen (secondary N) is 1. The Labute approximate surface area is 276 Å². The van der Waals surface area contributed by atoms with E-state index in [9.17, 15) is 10.1 Å². The number of ether oxygens (including phenoxy) is 3. The quantitative estimate of drug-likeness (QED) is 0.0992. The van der Waals surface area contributed by atoms with Crippen LogP contribution in [0.25, 0.3) is 6.08 Å². The summed E-state index contributed by atoms with van der Waals surface area (Å²) in [6.45, 7) is 0.494. The van der Waals surface area contributed by atoms with E-state index < -0.39 is 5.91 Å². The molecule has 0 saturated heterocycles. The van der Waals surface area contributed by atoms with Gasteiger partial charge in [-0.3, -0.25) is 4.79 Å². The third-order valence-electron chi connectivity index (χ3n) is 5.82. The first-order valence-electron chi connectivity index (χ1n) is 12.2. The van der Waals surface area contributed by atoms with Crippen LogP contribution in [0.5, 0.6) is 17.2 Å². The molecular weight excluding hydrogens is 733 g/mol. The fourth-order valence-electron chi connectivity index (χ4n) is 3.70. The van der Waals surface area contributed by atoms with Crippen LogP contribution >= 0.6 is 69.0 Å². The Morgan fingerprint density at radius 3 is 2.33 bits per heavy atom. The van der Waals surface area contributed by atoms with Crippen LogP contribution in [-0.4, -0.2) is 13.0 Å². The summed E-state index contributed by atoms with van der Waals surface area (Å²) in [5, 5.41) is 14.4. The SMILES string of the molecule is COc1cc(/C=C(\C#N)C(=O)Nc2ccc(OCc3ccc(Cl)cc3Cl)cc2)cc(I)c1OCc1ccc(Cl)c(Cl)c1. The summed E-state index contributed by atoms with van der Waals surface area (Å²) >= 11 is 26.3. The summed E-state index contributed by atoms with van der Waals surface area (Å²) < 4.78 is 18.0. The molecule has 0 radical (unpaired) electrons. The normalized spacial score (nSPS) is 11.0. The minimum atomic E-state index is -0.562. The first kappa shape index (κ1) is 31.8. The van der Waals surface area contributed by atoms with E-state index in [-0.39, 0.29) is 18.8 Å². The molecule has 4 aromatic rings. The highest BCUT2D eigenvalue weighted by molar-refractivity contribution is 14.1. The van der Waals surface area contributed by atoms with Gasteiger partial charge in [-0.25, -0.2) is 0 Å². The number of nitrogens with zero attached hydrogens (tertiary/aromatic N) is 1.